The van der Waals surface area contributed by atoms with Gasteiger partial charge in [-0.05, 0) is 43.4 Å². The summed E-state index contributed by atoms with van der Waals surface area (Å²) in [5, 5.41) is 12.3. The van der Waals surface area contributed by atoms with Crippen LogP contribution in [0.4, 0.5) is 5.82 Å². The van der Waals surface area contributed by atoms with Gasteiger partial charge in [-0.1, -0.05) is 6.07 Å². The van der Waals surface area contributed by atoms with Crippen LogP contribution >= 0.6 is 0 Å². The molecule has 2 saturated heterocycles. The number of carbonyl (C=O) groups excluding carboxylic acids is 1. The number of rotatable bonds is 4. The first-order chi connectivity index (χ1) is 14.1. The lowest BCUT2D eigenvalue weighted by molar-refractivity contribution is 0.0259. The number of nitrogens with zero attached hydrogens (tertiary/aromatic N) is 3. The Morgan fingerprint density at radius 1 is 1.24 bits per heavy atom. The molecule has 2 fully saturated rings. The average Bonchev–Trinajstić information content (AvgIpc) is 3.22. The molecule has 2 atom stereocenters. The number of carbonyl (C=O) groups is 1. The molecule has 8 heteroatoms. The van der Waals surface area contributed by atoms with Gasteiger partial charge in [-0.3, -0.25) is 9.59 Å². The average molecular weight is 393 g/mol. The first-order valence-electron chi connectivity index (χ1n) is 9.87. The second-order valence-electron chi connectivity index (χ2n) is 7.48. The van der Waals surface area contributed by atoms with Crippen molar-refractivity contribution >= 4 is 11.7 Å². The smallest absolute Gasteiger partial charge is 0.270 e. The monoisotopic (exact) mass is 393 g/mol. The summed E-state index contributed by atoms with van der Waals surface area (Å²) in [5.74, 6) is 0.961. The number of aromatic amines is 1. The van der Waals surface area contributed by atoms with Crippen LogP contribution in [0.2, 0.25) is 0 Å². The Bertz CT molecular complexity index is 957. The lowest BCUT2D eigenvalue weighted by Gasteiger charge is -2.36. The molecule has 2 aliphatic heterocycles. The van der Waals surface area contributed by atoms with Crippen molar-refractivity contribution < 1.29 is 9.53 Å². The van der Waals surface area contributed by atoms with Crippen molar-refractivity contribution in [3.63, 3.8) is 0 Å². The molecular formula is C21H23N5O3. The predicted octanol–water partition coefficient (Wildman–Crippen LogP) is 1.76. The maximum atomic E-state index is 12.6. The minimum absolute atomic E-state index is 0.0706. The molecule has 8 nitrogen and oxygen atoms in total. The minimum Gasteiger partial charge on any atom is -0.376 e. The van der Waals surface area contributed by atoms with Crippen LogP contribution in [-0.4, -0.2) is 52.6 Å². The molecule has 29 heavy (non-hydrogen) atoms. The highest BCUT2D eigenvalue weighted by atomic mass is 16.5. The number of H-pyrrole nitrogens is 1. The van der Waals surface area contributed by atoms with Crippen molar-refractivity contribution in [2.75, 3.05) is 25.0 Å². The summed E-state index contributed by atoms with van der Waals surface area (Å²) in [6.45, 7) is 1.98. The van der Waals surface area contributed by atoms with Crippen LogP contribution in [0.25, 0.3) is 0 Å². The first-order valence-corrected chi connectivity index (χ1v) is 9.87. The Morgan fingerprint density at radius 2 is 2.07 bits per heavy atom. The molecule has 2 aromatic rings. The molecule has 1 amide bonds. The highest BCUT2D eigenvalue weighted by molar-refractivity contribution is 5.92. The van der Waals surface area contributed by atoms with Crippen LogP contribution in [0, 0.1) is 17.2 Å². The van der Waals surface area contributed by atoms with Crippen LogP contribution < -0.4 is 10.9 Å². The summed E-state index contributed by atoms with van der Waals surface area (Å²) >= 11 is 0. The van der Waals surface area contributed by atoms with E-state index in [1.54, 1.807) is 29.3 Å². The zero-order valence-corrected chi connectivity index (χ0v) is 16.0. The fraction of sp³-hybridized carbons (Fsp3) is 0.429. The maximum absolute atomic E-state index is 12.6. The lowest BCUT2D eigenvalue weighted by Crippen LogP contribution is -2.45. The topological polar surface area (TPSA) is 111 Å². The second kappa shape index (κ2) is 8.45. The van der Waals surface area contributed by atoms with E-state index >= 15 is 0 Å². The van der Waals surface area contributed by atoms with E-state index in [-0.39, 0.29) is 23.6 Å². The van der Waals surface area contributed by atoms with E-state index in [0.29, 0.717) is 36.9 Å². The first kappa shape index (κ1) is 19.2. The number of hydrogen-bond donors (Lipinski definition) is 2. The molecule has 2 N–H and O–H groups in total. The number of piperidine rings is 1. The Kier molecular flexibility index (Phi) is 5.58. The van der Waals surface area contributed by atoms with Gasteiger partial charge in [0.1, 0.15) is 17.6 Å². The summed E-state index contributed by atoms with van der Waals surface area (Å²) in [6, 6.07) is 10.4. The number of nitrogens with one attached hydrogen (secondary N) is 2. The number of amides is 1. The third-order valence-electron chi connectivity index (χ3n) is 5.65. The molecule has 4 rings (SSSR count). The van der Waals surface area contributed by atoms with Gasteiger partial charge in [-0.25, -0.2) is 4.98 Å². The molecule has 0 unspecified atom stereocenters. The minimum atomic E-state index is -0.268. The van der Waals surface area contributed by atoms with E-state index in [4.69, 9.17) is 10.00 Å². The molecule has 2 aromatic heterocycles. The maximum Gasteiger partial charge on any atom is 0.270 e. The third kappa shape index (κ3) is 4.30. The molecular weight excluding hydrogens is 370 g/mol. The highest BCUT2D eigenvalue weighted by Crippen LogP contribution is 2.31. The van der Waals surface area contributed by atoms with Crippen molar-refractivity contribution in [2.45, 2.75) is 31.4 Å². The van der Waals surface area contributed by atoms with Crippen molar-refractivity contribution in [3.8, 4) is 6.07 Å². The zero-order valence-electron chi connectivity index (χ0n) is 16.0. The molecule has 4 heterocycles. The van der Waals surface area contributed by atoms with Gasteiger partial charge in [0, 0.05) is 32.0 Å². The van der Waals surface area contributed by atoms with E-state index < -0.39 is 0 Å². The molecule has 0 aromatic carbocycles. The Balaban J connectivity index is 1.35. The standard InChI is InChI=1S/C21H23N5O3/c22-12-14-4-5-18(23-13-14)24-16-8-11-29-20(16)15-6-9-26(10-7-15)21(28)17-2-1-3-19(27)25-17/h1-5,13,15-16,20H,6-11H2,(H,23,24)(H,25,27)/t16-,20+/m1/s1. The fourth-order valence-corrected chi connectivity index (χ4v) is 4.14. The van der Waals surface area contributed by atoms with Gasteiger partial charge in [-0.2, -0.15) is 5.26 Å². The van der Waals surface area contributed by atoms with E-state index in [9.17, 15) is 9.59 Å². The number of nitriles is 1. The molecule has 150 valence electrons. The summed E-state index contributed by atoms with van der Waals surface area (Å²) < 4.78 is 6.02. The van der Waals surface area contributed by atoms with Gasteiger partial charge in [0.05, 0.1) is 17.7 Å². The summed E-state index contributed by atoms with van der Waals surface area (Å²) in [7, 11) is 0. The molecule has 0 saturated carbocycles. The van der Waals surface area contributed by atoms with E-state index in [1.807, 2.05) is 6.07 Å². The van der Waals surface area contributed by atoms with Gasteiger partial charge < -0.3 is 19.9 Å². The number of likely N-dealkylation sites (tertiary alicyclic amines) is 1. The summed E-state index contributed by atoms with van der Waals surface area (Å²) in [5.41, 5.74) is 0.599. The quantitative estimate of drug-likeness (QED) is 0.819. The molecule has 0 aliphatic carbocycles. The molecule has 0 bridgehead atoms. The van der Waals surface area contributed by atoms with Crippen molar-refractivity contribution in [1.29, 1.82) is 5.26 Å². The van der Waals surface area contributed by atoms with Crippen molar-refractivity contribution in [3.05, 3.63) is 58.1 Å². The molecule has 0 spiro atoms. The normalized spacial score (nSPS) is 22.2. The lowest BCUT2D eigenvalue weighted by atomic mass is 9.87. The van der Waals surface area contributed by atoms with E-state index in [1.165, 1.54) is 6.07 Å². The van der Waals surface area contributed by atoms with E-state index in [2.05, 4.69) is 21.4 Å². The predicted molar refractivity (Wildman–Crippen MR) is 106 cm³/mol. The Morgan fingerprint density at radius 3 is 2.76 bits per heavy atom. The Hall–Kier alpha value is -3.18. The van der Waals surface area contributed by atoms with Gasteiger partial charge in [0.25, 0.3) is 5.91 Å². The summed E-state index contributed by atoms with van der Waals surface area (Å²) in [6.07, 6.45) is 4.24. The SMILES string of the molecule is N#Cc1ccc(N[C@@H]2CCO[C@H]2C2CCN(C(=O)c3cccc(=O)[nH]3)CC2)nc1. The molecule has 0 radical (unpaired) electrons. The van der Waals surface area contributed by atoms with Gasteiger partial charge in [0.15, 0.2) is 0 Å². The van der Waals surface area contributed by atoms with Crippen LogP contribution in [0.1, 0.15) is 35.3 Å². The van der Waals surface area contributed by atoms with Crippen LogP contribution in [0.3, 0.4) is 0 Å². The van der Waals surface area contributed by atoms with E-state index in [0.717, 1.165) is 25.1 Å². The van der Waals surface area contributed by atoms with Crippen LogP contribution in [-0.2, 0) is 4.74 Å². The van der Waals surface area contributed by atoms with Gasteiger partial charge in [-0.15, -0.1) is 0 Å². The summed E-state index contributed by atoms with van der Waals surface area (Å²) in [4.78, 5) is 32.8. The fourth-order valence-electron chi connectivity index (χ4n) is 4.14. The number of ether oxygens (including phenoxy) is 1. The number of aromatic nitrogens is 2. The zero-order chi connectivity index (χ0) is 20.2. The largest absolute Gasteiger partial charge is 0.376 e. The number of pyridine rings is 2. The van der Waals surface area contributed by atoms with Crippen molar-refractivity contribution in [1.82, 2.24) is 14.9 Å². The number of hydrogen-bond acceptors (Lipinski definition) is 6. The van der Waals surface area contributed by atoms with Crippen LogP contribution in [0.15, 0.2) is 41.3 Å². The van der Waals surface area contributed by atoms with Gasteiger partial charge in [0.2, 0.25) is 5.56 Å². The second-order valence-corrected chi connectivity index (χ2v) is 7.48. The van der Waals surface area contributed by atoms with Gasteiger partial charge >= 0.3 is 0 Å². The molecule has 2 aliphatic rings. The third-order valence-corrected chi connectivity index (χ3v) is 5.65. The van der Waals surface area contributed by atoms with Crippen molar-refractivity contribution in [2.24, 2.45) is 5.92 Å². The number of anilines is 1. The highest BCUT2D eigenvalue weighted by Gasteiger charge is 2.37. The van der Waals surface area contributed by atoms with Crippen LogP contribution in [0.5, 0.6) is 0 Å². The Labute approximate surface area is 168 Å².